The van der Waals surface area contributed by atoms with Crippen molar-refractivity contribution in [3.63, 3.8) is 0 Å². The maximum Gasteiger partial charge on any atom is 0.318 e. The second-order valence-corrected chi connectivity index (χ2v) is 5.50. The Morgan fingerprint density at radius 1 is 1.33 bits per heavy atom. The van der Waals surface area contributed by atoms with Gasteiger partial charge in [-0.05, 0) is 36.0 Å². The Hall–Kier alpha value is -1.16. The van der Waals surface area contributed by atoms with E-state index < -0.39 is 0 Å². The molecule has 0 radical (unpaired) electrons. The zero-order valence-electron chi connectivity index (χ0n) is 10.4. The fraction of sp³-hybridized carbons (Fsp3) is 0.500. The van der Waals surface area contributed by atoms with E-state index in [1.54, 1.807) is 0 Å². The summed E-state index contributed by atoms with van der Waals surface area (Å²) >= 11 is 4.18. The number of thiol groups is 1. The van der Waals surface area contributed by atoms with Crippen molar-refractivity contribution in [2.45, 2.75) is 25.3 Å². The maximum absolute atomic E-state index is 11.8. The highest BCUT2D eigenvalue weighted by Gasteiger charge is 2.29. The van der Waals surface area contributed by atoms with Gasteiger partial charge in [0.1, 0.15) is 0 Å². The van der Waals surface area contributed by atoms with Crippen LogP contribution in [0.2, 0.25) is 0 Å². The number of aryl methyl sites for hydroxylation is 2. The van der Waals surface area contributed by atoms with Crippen molar-refractivity contribution in [1.82, 2.24) is 10.2 Å². The topological polar surface area (TPSA) is 32.3 Å². The van der Waals surface area contributed by atoms with E-state index in [0.717, 1.165) is 13.1 Å². The van der Waals surface area contributed by atoms with Crippen LogP contribution in [0.1, 0.15) is 29.2 Å². The number of hydrogen-bond acceptors (Lipinski definition) is 2. The Labute approximate surface area is 113 Å². The zero-order valence-corrected chi connectivity index (χ0v) is 11.2. The smallest absolute Gasteiger partial charge is 0.318 e. The van der Waals surface area contributed by atoms with Crippen LogP contribution in [0.3, 0.4) is 0 Å². The van der Waals surface area contributed by atoms with Gasteiger partial charge < -0.3 is 10.2 Å². The molecule has 1 aliphatic heterocycles. The highest BCUT2D eigenvalue weighted by Crippen LogP contribution is 2.27. The first-order valence-corrected chi connectivity index (χ1v) is 7.19. The van der Waals surface area contributed by atoms with Crippen LogP contribution in [0.4, 0.5) is 4.79 Å². The molecule has 1 unspecified atom stereocenters. The third-order valence-electron chi connectivity index (χ3n) is 3.88. The van der Waals surface area contributed by atoms with Crippen LogP contribution in [0, 0.1) is 0 Å². The van der Waals surface area contributed by atoms with Gasteiger partial charge in [-0.15, -0.1) is 0 Å². The zero-order chi connectivity index (χ0) is 12.5. The van der Waals surface area contributed by atoms with Crippen LogP contribution in [0.5, 0.6) is 0 Å². The summed E-state index contributed by atoms with van der Waals surface area (Å²) in [6.07, 6.45) is 3.66. The molecular formula is C14H18N2OS. The van der Waals surface area contributed by atoms with Crippen molar-refractivity contribution in [2.75, 3.05) is 18.8 Å². The number of hydrogen-bond donors (Lipinski definition) is 2. The number of fused-ring (bicyclic) bond motifs is 1. The molecule has 1 atom stereocenters. The van der Waals surface area contributed by atoms with Gasteiger partial charge in [-0.2, -0.15) is 12.6 Å². The quantitative estimate of drug-likeness (QED) is 0.804. The number of nitrogens with one attached hydrogen (secondary N) is 1. The van der Waals surface area contributed by atoms with Gasteiger partial charge in [0.2, 0.25) is 0 Å². The number of urea groups is 1. The van der Waals surface area contributed by atoms with E-state index in [1.807, 2.05) is 4.90 Å². The average Bonchev–Trinajstić information content (AvgIpc) is 2.96. The lowest BCUT2D eigenvalue weighted by Gasteiger charge is -2.13. The standard InChI is InChI=1S/C14H18N2OS/c17-14-15-13(9-16(14)6-7-18)12-5-4-10-2-1-3-11(10)8-12/h4-5,8,13,18H,1-3,6-7,9H2,(H,15,17). The molecule has 1 fully saturated rings. The van der Waals surface area contributed by atoms with Gasteiger partial charge in [-0.3, -0.25) is 0 Å². The van der Waals surface area contributed by atoms with E-state index in [-0.39, 0.29) is 12.1 Å². The van der Waals surface area contributed by atoms with E-state index >= 15 is 0 Å². The van der Waals surface area contributed by atoms with E-state index in [4.69, 9.17) is 0 Å². The van der Waals surface area contributed by atoms with Crippen molar-refractivity contribution in [2.24, 2.45) is 0 Å². The Balaban J connectivity index is 1.78. The molecule has 4 heteroatoms. The number of nitrogens with zero attached hydrogens (tertiary/aromatic N) is 1. The molecule has 3 nitrogen and oxygen atoms in total. The predicted octanol–water partition coefficient (Wildman–Crippen LogP) is 2.17. The summed E-state index contributed by atoms with van der Waals surface area (Å²) in [6.45, 7) is 1.48. The average molecular weight is 262 g/mol. The summed E-state index contributed by atoms with van der Waals surface area (Å²) < 4.78 is 0. The van der Waals surface area contributed by atoms with E-state index in [2.05, 4.69) is 36.1 Å². The van der Waals surface area contributed by atoms with Gasteiger partial charge >= 0.3 is 6.03 Å². The summed E-state index contributed by atoms with van der Waals surface area (Å²) in [6, 6.07) is 6.85. The normalized spacial score (nSPS) is 22.2. The van der Waals surface area contributed by atoms with Crippen LogP contribution in [-0.4, -0.2) is 29.8 Å². The second kappa shape index (κ2) is 4.84. The third kappa shape index (κ3) is 2.09. The molecule has 1 aromatic carbocycles. The van der Waals surface area contributed by atoms with Gasteiger partial charge in [0.05, 0.1) is 6.04 Å². The monoisotopic (exact) mass is 262 g/mol. The Morgan fingerprint density at radius 3 is 3.00 bits per heavy atom. The summed E-state index contributed by atoms with van der Waals surface area (Å²) in [4.78, 5) is 13.6. The van der Waals surface area contributed by atoms with Crippen LogP contribution in [-0.2, 0) is 12.8 Å². The van der Waals surface area contributed by atoms with E-state index in [1.165, 1.54) is 36.0 Å². The molecule has 1 heterocycles. The van der Waals surface area contributed by atoms with Gasteiger partial charge in [0, 0.05) is 18.8 Å². The molecule has 0 aromatic heterocycles. The van der Waals surface area contributed by atoms with E-state index in [0.29, 0.717) is 5.75 Å². The molecule has 0 bridgehead atoms. The number of carbonyl (C=O) groups excluding carboxylic acids is 1. The molecule has 2 amide bonds. The molecule has 1 saturated heterocycles. The van der Waals surface area contributed by atoms with Crippen LogP contribution in [0.25, 0.3) is 0 Å². The fourth-order valence-corrected chi connectivity index (χ4v) is 3.14. The van der Waals surface area contributed by atoms with Crippen LogP contribution < -0.4 is 5.32 Å². The van der Waals surface area contributed by atoms with Gasteiger partial charge in [0.15, 0.2) is 0 Å². The third-order valence-corrected chi connectivity index (χ3v) is 4.08. The summed E-state index contributed by atoms with van der Waals surface area (Å²) in [7, 11) is 0. The molecule has 18 heavy (non-hydrogen) atoms. The van der Waals surface area contributed by atoms with Crippen LogP contribution in [0.15, 0.2) is 18.2 Å². The predicted molar refractivity (Wildman–Crippen MR) is 75.2 cm³/mol. The highest BCUT2D eigenvalue weighted by molar-refractivity contribution is 7.80. The lowest BCUT2D eigenvalue weighted by Crippen LogP contribution is -2.29. The summed E-state index contributed by atoms with van der Waals surface area (Å²) in [5.74, 6) is 0.713. The number of rotatable bonds is 3. The lowest BCUT2D eigenvalue weighted by atomic mass is 10.0. The number of carbonyl (C=O) groups is 1. The van der Waals surface area contributed by atoms with Crippen molar-refractivity contribution < 1.29 is 4.79 Å². The van der Waals surface area contributed by atoms with Crippen molar-refractivity contribution in [1.29, 1.82) is 0 Å². The molecular weight excluding hydrogens is 244 g/mol. The van der Waals surface area contributed by atoms with Gasteiger partial charge in [0.25, 0.3) is 0 Å². The molecule has 96 valence electrons. The largest absolute Gasteiger partial charge is 0.329 e. The van der Waals surface area contributed by atoms with Gasteiger partial charge in [-0.1, -0.05) is 18.2 Å². The second-order valence-electron chi connectivity index (χ2n) is 5.05. The molecule has 2 aliphatic rings. The van der Waals surface area contributed by atoms with Gasteiger partial charge in [-0.25, -0.2) is 4.79 Å². The SMILES string of the molecule is O=C1NC(c2ccc3c(c2)CCC3)CN1CCS. The van der Waals surface area contributed by atoms with Crippen molar-refractivity contribution in [3.8, 4) is 0 Å². The van der Waals surface area contributed by atoms with Crippen LogP contribution >= 0.6 is 12.6 Å². The fourth-order valence-electron chi connectivity index (χ4n) is 2.90. The molecule has 1 aliphatic carbocycles. The first-order chi connectivity index (χ1) is 8.78. The molecule has 0 spiro atoms. The first kappa shape index (κ1) is 11.9. The minimum absolute atomic E-state index is 0.0366. The van der Waals surface area contributed by atoms with E-state index in [9.17, 15) is 4.79 Å². The molecule has 1 N–H and O–H groups in total. The number of amides is 2. The molecule has 1 aromatic rings. The molecule has 0 saturated carbocycles. The summed E-state index contributed by atoms with van der Waals surface area (Å²) in [5, 5.41) is 3.05. The Bertz CT molecular complexity index is 475. The maximum atomic E-state index is 11.8. The minimum atomic E-state index is 0.0366. The molecule has 3 rings (SSSR count). The Kier molecular flexibility index (Phi) is 3.20. The van der Waals surface area contributed by atoms with Crippen molar-refractivity contribution in [3.05, 3.63) is 34.9 Å². The first-order valence-electron chi connectivity index (χ1n) is 6.56. The Morgan fingerprint density at radius 2 is 2.17 bits per heavy atom. The lowest BCUT2D eigenvalue weighted by molar-refractivity contribution is 0.220. The number of benzene rings is 1. The summed E-state index contributed by atoms with van der Waals surface area (Å²) in [5.41, 5.74) is 4.19. The van der Waals surface area contributed by atoms with Crippen molar-refractivity contribution >= 4 is 18.7 Å². The highest BCUT2D eigenvalue weighted by atomic mass is 32.1. The minimum Gasteiger partial charge on any atom is -0.329 e.